The molecule has 0 unspecified atom stereocenters. The molecule has 1 aliphatic heterocycles. The van der Waals surface area contributed by atoms with Gasteiger partial charge in [-0.05, 0) is 18.8 Å². The molecule has 1 nitrogen and oxygen atoms in total. The Bertz CT molecular complexity index is 104. The third-order valence-electron chi connectivity index (χ3n) is 2.10. The Balaban J connectivity index is 0.000000561. The van der Waals surface area contributed by atoms with Crippen molar-refractivity contribution in [2.45, 2.75) is 38.8 Å². The molecule has 1 aliphatic rings. The van der Waals surface area contributed by atoms with E-state index in [1.807, 2.05) is 20.8 Å². The van der Waals surface area contributed by atoms with Crippen molar-refractivity contribution in [1.82, 2.24) is 0 Å². The van der Waals surface area contributed by atoms with Gasteiger partial charge in [-0.25, -0.2) is 0 Å². The van der Waals surface area contributed by atoms with Crippen LogP contribution in [0.5, 0.6) is 0 Å². The van der Waals surface area contributed by atoms with Crippen LogP contribution in [-0.4, -0.2) is 28.9 Å². The van der Waals surface area contributed by atoms with Crippen molar-refractivity contribution in [3.63, 3.8) is 0 Å². The minimum atomic E-state index is -0.510. The van der Waals surface area contributed by atoms with Crippen LogP contribution in [-0.2, 0) is 4.74 Å². The summed E-state index contributed by atoms with van der Waals surface area (Å²) in [4.78, 5) is 0. The molecular formula is C9H18B2O. The van der Waals surface area contributed by atoms with Crippen LogP contribution in [0.1, 0.15) is 33.6 Å². The molecule has 1 rings (SSSR count). The van der Waals surface area contributed by atoms with Gasteiger partial charge in [0.05, 0.1) is 15.7 Å². The highest BCUT2D eigenvalue weighted by Gasteiger charge is 2.25. The molecule has 1 heterocycles. The van der Waals surface area contributed by atoms with Crippen molar-refractivity contribution in [2.75, 3.05) is 13.2 Å². The molecule has 0 N–H and O–H groups in total. The first-order valence-electron chi connectivity index (χ1n) is 4.76. The topological polar surface area (TPSA) is 9.23 Å². The third-order valence-corrected chi connectivity index (χ3v) is 2.10. The van der Waals surface area contributed by atoms with E-state index >= 15 is 0 Å². The number of ether oxygens (including phenoxy) is 1. The average Bonchev–Trinajstić information content (AvgIpc) is 2.08. The lowest BCUT2D eigenvalue weighted by molar-refractivity contribution is 0.0619. The summed E-state index contributed by atoms with van der Waals surface area (Å²) in [7, 11) is 11.5. The standard InChI is InChI=1S/C7H12B2O.C2H6/c1-7(8,9)6-2-4-10-5-3-6;1-2/h6H,2-5H2,1H3;1-2H3. The first-order valence-corrected chi connectivity index (χ1v) is 4.76. The summed E-state index contributed by atoms with van der Waals surface area (Å²) >= 11 is 0. The highest BCUT2D eigenvalue weighted by Crippen LogP contribution is 2.34. The van der Waals surface area contributed by atoms with Crippen LogP contribution in [0.25, 0.3) is 0 Å². The molecule has 0 atom stereocenters. The van der Waals surface area contributed by atoms with Gasteiger partial charge in [-0.3, -0.25) is 0 Å². The summed E-state index contributed by atoms with van der Waals surface area (Å²) in [6, 6.07) is 0. The molecule has 12 heavy (non-hydrogen) atoms. The maximum Gasteiger partial charge on any atom is 0.0620 e. The summed E-state index contributed by atoms with van der Waals surface area (Å²) < 4.78 is 5.18. The molecule has 1 saturated heterocycles. The second-order valence-electron chi connectivity index (χ2n) is 3.25. The van der Waals surface area contributed by atoms with Crippen LogP contribution >= 0.6 is 0 Å². The van der Waals surface area contributed by atoms with Crippen LogP contribution in [0.4, 0.5) is 0 Å². The second-order valence-corrected chi connectivity index (χ2v) is 3.25. The minimum absolute atomic E-state index is 0.432. The Morgan fingerprint density at radius 2 is 1.58 bits per heavy atom. The molecule has 4 radical (unpaired) electrons. The van der Waals surface area contributed by atoms with Gasteiger partial charge >= 0.3 is 0 Å². The Hall–Kier alpha value is 0.0899. The van der Waals surface area contributed by atoms with E-state index in [-0.39, 0.29) is 0 Å². The predicted octanol–water partition coefficient (Wildman–Crippen LogP) is 1.91. The number of hydrogen-bond donors (Lipinski definition) is 0. The van der Waals surface area contributed by atoms with E-state index in [0.717, 1.165) is 26.1 Å². The molecule has 0 aromatic rings. The van der Waals surface area contributed by atoms with E-state index in [2.05, 4.69) is 0 Å². The van der Waals surface area contributed by atoms with Crippen LogP contribution in [0.2, 0.25) is 5.21 Å². The second kappa shape index (κ2) is 5.69. The van der Waals surface area contributed by atoms with Gasteiger partial charge in [0.15, 0.2) is 0 Å². The molecule has 0 aromatic carbocycles. The van der Waals surface area contributed by atoms with Gasteiger partial charge in [-0.2, -0.15) is 0 Å². The fourth-order valence-electron chi connectivity index (χ4n) is 1.32. The fourth-order valence-corrected chi connectivity index (χ4v) is 1.32. The fraction of sp³-hybridized carbons (Fsp3) is 1.00. The monoisotopic (exact) mass is 164 g/mol. The number of hydrogen-bond acceptors (Lipinski definition) is 1. The summed E-state index contributed by atoms with van der Waals surface area (Å²) in [5.41, 5.74) is 0. The molecule has 1 fully saturated rings. The Morgan fingerprint density at radius 1 is 1.17 bits per heavy atom. The molecule has 0 amide bonds. The molecule has 0 aliphatic carbocycles. The molecule has 0 aromatic heterocycles. The maximum absolute atomic E-state index is 5.73. The van der Waals surface area contributed by atoms with Crippen LogP contribution in [0, 0.1) is 5.92 Å². The zero-order valence-corrected chi connectivity index (χ0v) is 8.47. The molecular weight excluding hydrogens is 146 g/mol. The van der Waals surface area contributed by atoms with Crippen molar-refractivity contribution in [1.29, 1.82) is 0 Å². The first kappa shape index (κ1) is 12.1. The highest BCUT2D eigenvalue weighted by atomic mass is 16.5. The lowest BCUT2D eigenvalue weighted by Crippen LogP contribution is -2.27. The minimum Gasteiger partial charge on any atom is -0.381 e. The van der Waals surface area contributed by atoms with Crippen LogP contribution in [0.3, 0.4) is 0 Å². The molecule has 0 spiro atoms. The van der Waals surface area contributed by atoms with Crippen molar-refractivity contribution >= 4 is 15.7 Å². The van der Waals surface area contributed by atoms with Gasteiger partial charge in [0.2, 0.25) is 0 Å². The van der Waals surface area contributed by atoms with Gasteiger partial charge in [-0.1, -0.05) is 26.0 Å². The Kier molecular flexibility index (Phi) is 5.73. The third kappa shape index (κ3) is 4.20. The van der Waals surface area contributed by atoms with E-state index in [1.165, 1.54) is 0 Å². The normalized spacial score (nSPS) is 19.6. The van der Waals surface area contributed by atoms with E-state index in [4.69, 9.17) is 20.4 Å². The van der Waals surface area contributed by atoms with E-state index < -0.39 is 5.21 Å². The smallest absolute Gasteiger partial charge is 0.0620 e. The van der Waals surface area contributed by atoms with Crippen LogP contribution < -0.4 is 0 Å². The van der Waals surface area contributed by atoms with Crippen molar-refractivity contribution < 1.29 is 4.74 Å². The predicted molar refractivity (Wildman–Crippen MR) is 54.8 cm³/mol. The van der Waals surface area contributed by atoms with Gasteiger partial charge in [0.25, 0.3) is 0 Å². The van der Waals surface area contributed by atoms with Gasteiger partial charge in [-0.15, -0.1) is 0 Å². The van der Waals surface area contributed by atoms with Gasteiger partial charge in [0, 0.05) is 13.2 Å². The number of rotatable bonds is 1. The lowest BCUT2D eigenvalue weighted by atomic mass is 9.48. The quantitative estimate of drug-likeness (QED) is 0.537. The Labute approximate surface area is 79.1 Å². The zero-order valence-electron chi connectivity index (χ0n) is 8.47. The molecule has 66 valence electrons. The summed E-state index contributed by atoms with van der Waals surface area (Å²) in [6.07, 6.45) is 2.01. The Morgan fingerprint density at radius 3 is 1.83 bits per heavy atom. The van der Waals surface area contributed by atoms with E-state index in [9.17, 15) is 0 Å². The SMILES string of the molecule is CC.[B]C([B])(C)C1CCOCC1. The zero-order chi connectivity index (χ0) is 9.61. The average molecular weight is 164 g/mol. The maximum atomic E-state index is 5.73. The lowest BCUT2D eigenvalue weighted by Gasteiger charge is -2.34. The molecule has 3 heteroatoms. The summed E-state index contributed by atoms with van der Waals surface area (Å²) in [5.74, 6) is 0.432. The van der Waals surface area contributed by atoms with E-state index in [1.54, 1.807) is 0 Å². The van der Waals surface area contributed by atoms with E-state index in [0.29, 0.717) is 5.92 Å². The van der Waals surface area contributed by atoms with Crippen molar-refractivity contribution in [3.8, 4) is 0 Å². The molecule has 0 saturated carbocycles. The van der Waals surface area contributed by atoms with Crippen LogP contribution in [0.15, 0.2) is 0 Å². The van der Waals surface area contributed by atoms with Crippen molar-refractivity contribution in [3.05, 3.63) is 0 Å². The highest BCUT2D eigenvalue weighted by molar-refractivity contribution is 6.39. The van der Waals surface area contributed by atoms with Crippen molar-refractivity contribution in [2.24, 2.45) is 5.92 Å². The summed E-state index contributed by atoms with van der Waals surface area (Å²) in [5, 5.41) is -0.510. The summed E-state index contributed by atoms with van der Waals surface area (Å²) in [6.45, 7) is 7.51. The van der Waals surface area contributed by atoms with Gasteiger partial charge in [0.1, 0.15) is 0 Å². The van der Waals surface area contributed by atoms with Gasteiger partial charge < -0.3 is 4.74 Å². The largest absolute Gasteiger partial charge is 0.381 e. The molecule has 0 bridgehead atoms. The first-order chi connectivity index (χ1) is 5.61.